The molecule has 1 saturated heterocycles. The summed E-state index contributed by atoms with van der Waals surface area (Å²) in [6.45, 7) is 7.78. The van der Waals surface area contributed by atoms with Crippen LogP contribution in [0.4, 0.5) is 0 Å². The molecular formula is C20H22O4. The van der Waals surface area contributed by atoms with Gasteiger partial charge in [0.25, 0.3) is 0 Å². The lowest BCUT2D eigenvalue weighted by Crippen LogP contribution is -2.49. The van der Waals surface area contributed by atoms with Crippen molar-refractivity contribution in [3.8, 4) is 5.75 Å². The first-order chi connectivity index (χ1) is 11.4. The molecule has 3 fully saturated rings. The highest BCUT2D eigenvalue weighted by molar-refractivity contribution is 5.82. The number of aromatic hydroxyl groups is 1. The molecule has 6 atom stereocenters. The van der Waals surface area contributed by atoms with Crippen molar-refractivity contribution in [3.05, 3.63) is 34.9 Å². The number of carbonyl (C=O) groups is 1. The van der Waals surface area contributed by atoms with Crippen molar-refractivity contribution >= 4 is 12.0 Å². The third kappa shape index (κ3) is 1.32. The lowest BCUT2D eigenvalue weighted by atomic mass is 9.55. The summed E-state index contributed by atoms with van der Waals surface area (Å²) in [6.07, 6.45) is 3.07. The molecule has 4 heteroatoms. The molecule has 126 valence electrons. The first kappa shape index (κ1) is 14.5. The highest BCUT2D eigenvalue weighted by atomic mass is 16.6. The minimum Gasteiger partial charge on any atom is -0.508 e. The molecule has 1 spiro atoms. The molecule has 4 nitrogen and oxygen atoms in total. The van der Waals surface area contributed by atoms with E-state index in [2.05, 4.69) is 6.58 Å². The van der Waals surface area contributed by atoms with Gasteiger partial charge >= 0.3 is 5.97 Å². The van der Waals surface area contributed by atoms with Crippen molar-refractivity contribution in [2.24, 2.45) is 17.3 Å². The van der Waals surface area contributed by atoms with Crippen LogP contribution in [0.5, 0.6) is 5.75 Å². The number of aliphatic hydroxyl groups is 1. The Kier molecular flexibility index (Phi) is 2.45. The number of phenols is 1. The number of esters is 1. The number of rotatable bonds is 1. The van der Waals surface area contributed by atoms with Crippen molar-refractivity contribution in [3.63, 3.8) is 0 Å². The number of ether oxygens (including phenoxy) is 1. The number of carbonyl (C=O) groups excluding carboxylic acids is 1. The maximum absolute atomic E-state index is 12.6. The molecule has 0 radical (unpaired) electrons. The van der Waals surface area contributed by atoms with Gasteiger partial charge in [-0.05, 0) is 61.8 Å². The standard InChI is InChI=1S/C20H22O4/c1-4-11-9(2)7-12(21)14-13(11)15(22)16-17-19(3,18(23)24-16)6-5-10-8-20(10,14)17/h4,7,10,15-17,21-22H,1,5-6,8H2,2-3H3/t10-,15+,16-,17-,19-,20+/m1/s1. The van der Waals surface area contributed by atoms with Crippen LogP contribution in [-0.4, -0.2) is 22.3 Å². The van der Waals surface area contributed by atoms with E-state index in [1.54, 1.807) is 12.1 Å². The zero-order valence-corrected chi connectivity index (χ0v) is 14.0. The van der Waals surface area contributed by atoms with E-state index in [1.165, 1.54) is 0 Å². The number of hydrogen-bond acceptors (Lipinski definition) is 4. The van der Waals surface area contributed by atoms with Crippen LogP contribution in [0.2, 0.25) is 0 Å². The van der Waals surface area contributed by atoms with Crippen LogP contribution in [0.25, 0.3) is 6.08 Å². The normalized spacial score (nSPS) is 44.2. The fourth-order valence-corrected chi connectivity index (χ4v) is 6.28. The maximum Gasteiger partial charge on any atom is 0.312 e. The SMILES string of the molecule is C=Cc1c(C)cc(O)c2c1[C@H](O)[C@H]1OC(=O)[C@]3(C)CC[C@@H]4C[C@@]24[C@H]13. The number of aryl methyl sites for hydroxylation is 1. The molecule has 1 aromatic carbocycles. The first-order valence-electron chi connectivity index (χ1n) is 8.75. The van der Waals surface area contributed by atoms with Gasteiger partial charge in [0.05, 0.1) is 5.41 Å². The minimum absolute atomic E-state index is 0.0509. The average Bonchev–Trinajstić information content (AvgIpc) is 3.18. The molecular weight excluding hydrogens is 304 g/mol. The van der Waals surface area contributed by atoms with Crippen molar-refractivity contribution in [1.82, 2.24) is 0 Å². The summed E-state index contributed by atoms with van der Waals surface area (Å²) >= 11 is 0. The molecule has 0 unspecified atom stereocenters. The summed E-state index contributed by atoms with van der Waals surface area (Å²) in [5, 5.41) is 21.9. The molecule has 2 saturated carbocycles. The average molecular weight is 326 g/mol. The Morgan fingerprint density at radius 3 is 2.92 bits per heavy atom. The Bertz CT molecular complexity index is 812. The predicted molar refractivity (Wildman–Crippen MR) is 88.4 cm³/mol. The minimum atomic E-state index is -0.903. The van der Waals surface area contributed by atoms with Gasteiger partial charge in [0.2, 0.25) is 0 Å². The van der Waals surface area contributed by atoms with Crippen molar-refractivity contribution in [1.29, 1.82) is 0 Å². The van der Waals surface area contributed by atoms with E-state index in [9.17, 15) is 15.0 Å². The van der Waals surface area contributed by atoms with Crippen LogP contribution in [0.3, 0.4) is 0 Å². The second-order valence-electron chi connectivity index (χ2n) is 8.31. The molecule has 5 rings (SSSR count). The van der Waals surface area contributed by atoms with E-state index in [1.807, 2.05) is 13.8 Å². The second-order valence-corrected chi connectivity index (χ2v) is 8.31. The lowest BCUT2D eigenvalue weighted by molar-refractivity contribution is -0.151. The highest BCUT2D eigenvalue weighted by Crippen LogP contribution is 2.76. The van der Waals surface area contributed by atoms with E-state index in [4.69, 9.17) is 4.74 Å². The van der Waals surface area contributed by atoms with Gasteiger partial charge < -0.3 is 14.9 Å². The Balaban J connectivity index is 1.86. The molecule has 1 heterocycles. The van der Waals surface area contributed by atoms with E-state index in [-0.39, 0.29) is 23.1 Å². The lowest BCUT2D eigenvalue weighted by Gasteiger charge is -2.46. The predicted octanol–water partition coefficient (Wildman–Crippen LogP) is 2.99. The Morgan fingerprint density at radius 1 is 1.46 bits per heavy atom. The second kappa shape index (κ2) is 4.05. The third-order valence-corrected chi connectivity index (χ3v) is 7.31. The van der Waals surface area contributed by atoms with Crippen LogP contribution in [0.1, 0.15) is 54.5 Å². The van der Waals surface area contributed by atoms with E-state index in [0.717, 1.165) is 41.5 Å². The summed E-state index contributed by atoms with van der Waals surface area (Å²) < 4.78 is 5.72. The van der Waals surface area contributed by atoms with Gasteiger partial charge in [0, 0.05) is 16.9 Å². The van der Waals surface area contributed by atoms with Gasteiger partial charge in [-0.15, -0.1) is 0 Å². The number of fused-ring (bicyclic) bond motifs is 1. The smallest absolute Gasteiger partial charge is 0.312 e. The number of hydrogen-bond donors (Lipinski definition) is 2. The monoisotopic (exact) mass is 326 g/mol. The molecule has 0 amide bonds. The zero-order valence-electron chi connectivity index (χ0n) is 14.0. The van der Waals surface area contributed by atoms with Gasteiger partial charge in [-0.25, -0.2) is 0 Å². The number of benzene rings is 1. The number of phenolic OH excluding ortho intramolecular Hbond substituents is 1. The van der Waals surface area contributed by atoms with E-state index < -0.39 is 17.6 Å². The quantitative estimate of drug-likeness (QED) is 0.779. The molecule has 24 heavy (non-hydrogen) atoms. The highest BCUT2D eigenvalue weighted by Gasteiger charge is 2.77. The van der Waals surface area contributed by atoms with E-state index in [0.29, 0.717) is 5.92 Å². The van der Waals surface area contributed by atoms with Gasteiger partial charge in [-0.3, -0.25) is 4.79 Å². The van der Waals surface area contributed by atoms with Crippen LogP contribution < -0.4 is 0 Å². The Hall–Kier alpha value is -1.81. The zero-order chi connectivity index (χ0) is 17.0. The van der Waals surface area contributed by atoms with Crippen molar-refractivity contribution in [2.75, 3.05) is 0 Å². The molecule has 0 bridgehead atoms. The Morgan fingerprint density at radius 2 is 2.21 bits per heavy atom. The molecule has 4 aliphatic rings. The van der Waals surface area contributed by atoms with Gasteiger partial charge in [0.1, 0.15) is 18.0 Å². The van der Waals surface area contributed by atoms with Crippen LogP contribution in [0.15, 0.2) is 12.6 Å². The molecule has 2 N–H and O–H groups in total. The van der Waals surface area contributed by atoms with E-state index >= 15 is 0 Å². The first-order valence-corrected chi connectivity index (χ1v) is 8.75. The van der Waals surface area contributed by atoms with Crippen molar-refractivity contribution in [2.45, 2.75) is 50.7 Å². The molecule has 3 aliphatic carbocycles. The summed E-state index contributed by atoms with van der Waals surface area (Å²) in [7, 11) is 0. The fourth-order valence-electron chi connectivity index (χ4n) is 6.28. The molecule has 1 aromatic rings. The summed E-state index contributed by atoms with van der Waals surface area (Å²) in [4.78, 5) is 12.6. The summed E-state index contributed by atoms with van der Waals surface area (Å²) in [5.41, 5.74) is 2.55. The van der Waals surface area contributed by atoms with Crippen LogP contribution in [-0.2, 0) is 14.9 Å². The van der Waals surface area contributed by atoms with Gasteiger partial charge in [-0.2, -0.15) is 0 Å². The van der Waals surface area contributed by atoms with Gasteiger partial charge in [0.15, 0.2) is 0 Å². The van der Waals surface area contributed by atoms with Crippen LogP contribution in [0, 0.1) is 24.2 Å². The summed E-state index contributed by atoms with van der Waals surface area (Å²) in [5.74, 6) is 0.470. The summed E-state index contributed by atoms with van der Waals surface area (Å²) in [6, 6.07) is 1.77. The molecule has 0 aromatic heterocycles. The largest absolute Gasteiger partial charge is 0.508 e. The van der Waals surface area contributed by atoms with Crippen molar-refractivity contribution < 1.29 is 19.7 Å². The molecule has 1 aliphatic heterocycles. The third-order valence-electron chi connectivity index (χ3n) is 7.31. The maximum atomic E-state index is 12.6. The fraction of sp³-hybridized carbons (Fsp3) is 0.550. The Labute approximate surface area is 141 Å². The topological polar surface area (TPSA) is 66.8 Å². The van der Waals surface area contributed by atoms with Crippen LogP contribution >= 0.6 is 0 Å². The van der Waals surface area contributed by atoms with Gasteiger partial charge in [-0.1, -0.05) is 12.7 Å². The number of aliphatic hydroxyl groups excluding tert-OH is 1.